The van der Waals surface area contributed by atoms with Gasteiger partial charge in [0.1, 0.15) is 4.21 Å². The summed E-state index contributed by atoms with van der Waals surface area (Å²) in [4.78, 5) is 12.4. The zero-order valence-corrected chi connectivity index (χ0v) is 15.4. The molecule has 0 spiro atoms. The van der Waals surface area contributed by atoms with Crippen LogP contribution in [0.4, 0.5) is 0 Å². The molecule has 0 bridgehead atoms. The van der Waals surface area contributed by atoms with Crippen molar-refractivity contribution in [3.8, 4) is 0 Å². The Kier molecular flexibility index (Phi) is 8.45. The number of thiophene rings is 1. The lowest BCUT2D eigenvalue weighted by atomic mass is 10.4. The summed E-state index contributed by atoms with van der Waals surface area (Å²) in [6, 6.07) is 3.35. The van der Waals surface area contributed by atoms with Crippen LogP contribution in [0.1, 0.15) is 11.3 Å². The largest absolute Gasteiger partial charge is 0.379 e. The van der Waals surface area contributed by atoms with Gasteiger partial charge in [-0.05, 0) is 19.2 Å². The van der Waals surface area contributed by atoms with E-state index in [1.807, 2.05) is 0 Å². The molecule has 1 aromatic rings. The first kappa shape index (κ1) is 20.3. The van der Waals surface area contributed by atoms with E-state index in [-0.39, 0.29) is 18.3 Å². The third-order valence-electron chi connectivity index (χ3n) is 3.26. The Bertz CT molecular complexity index is 600. The predicted octanol–water partition coefficient (Wildman–Crippen LogP) is 0.416. The van der Waals surface area contributed by atoms with Crippen LogP contribution in [0.15, 0.2) is 16.3 Å². The molecule has 0 unspecified atom stereocenters. The molecule has 7 nitrogen and oxygen atoms in total. The summed E-state index contributed by atoms with van der Waals surface area (Å²) >= 11 is 1.20. The van der Waals surface area contributed by atoms with Gasteiger partial charge in [0, 0.05) is 30.9 Å². The number of nitrogens with zero attached hydrogens (tertiary/aromatic N) is 1. The number of ether oxygens (including phenoxy) is 1. The maximum atomic E-state index is 12.5. The van der Waals surface area contributed by atoms with E-state index in [2.05, 4.69) is 10.6 Å². The summed E-state index contributed by atoms with van der Waals surface area (Å²) in [7, 11) is -1.66. The van der Waals surface area contributed by atoms with E-state index in [1.165, 1.54) is 15.6 Å². The van der Waals surface area contributed by atoms with Crippen LogP contribution in [0.5, 0.6) is 0 Å². The summed E-state index contributed by atoms with van der Waals surface area (Å²) in [6.07, 6.45) is 0.404. The van der Waals surface area contributed by atoms with Gasteiger partial charge >= 0.3 is 0 Å². The molecular weight excluding hydrogens is 362 g/mol. The minimum absolute atomic E-state index is 0. The van der Waals surface area contributed by atoms with Gasteiger partial charge in [0.2, 0.25) is 5.91 Å². The first-order valence-electron chi connectivity index (χ1n) is 7.12. The number of hydrogen-bond acceptors (Lipinski definition) is 6. The second-order valence-electron chi connectivity index (χ2n) is 4.87. The monoisotopic (exact) mass is 383 g/mol. The van der Waals surface area contributed by atoms with E-state index in [0.717, 1.165) is 4.88 Å². The fourth-order valence-electron chi connectivity index (χ4n) is 2.02. The molecule has 0 aliphatic carbocycles. The van der Waals surface area contributed by atoms with E-state index in [1.54, 1.807) is 19.2 Å². The highest BCUT2D eigenvalue weighted by atomic mass is 35.5. The van der Waals surface area contributed by atoms with E-state index < -0.39 is 10.0 Å². The smallest absolute Gasteiger partial charge is 0.252 e. The van der Waals surface area contributed by atoms with Crippen molar-refractivity contribution in [3.63, 3.8) is 0 Å². The molecule has 0 radical (unpaired) electrons. The first-order valence-corrected chi connectivity index (χ1v) is 9.37. The second kappa shape index (κ2) is 9.55. The van der Waals surface area contributed by atoms with Crippen molar-refractivity contribution in [1.82, 2.24) is 14.9 Å². The summed E-state index contributed by atoms with van der Waals surface area (Å²) in [5.74, 6) is -0.0552. The Morgan fingerprint density at radius 1 is 1.35 bits per heavy atom. The number of morpholine rings is 1. The SMILES string of the molecule is CNCCC(=O)NCc1ccc(S(=O)(=O)N2CCOCC2)s1.Cl. The molecule has 2 rings (SSSR count). The number of sulfonamides is 1. The summed E-state index contributed by atoms with van der Waals surface area (Å²) < 4.78 is 31.9. The molecule has 0 saturated carbocycles. The van der Waals surface area contributed by atoms with Crippen LogP contribution < -0.4 is 10.6 Å². The number of carbonyl (C=O) groups excluding carboxylic acids is 1. The van der Waals surface area contributed by atoms with E-state index in [0.29, 0.717) is 50.0 Å². The second-order valence-corrected chi connectivity index (χ2v) is 8.20. The number of rotatable bonds is 7. The summed E-state index contributed by atoms with van der Waals surface area (Å²) in [5, 5.41) is 5.69. The highest BCUT2D eigenvalue weighted by Gasteiger charge is 2.27. The topological polar surface area (TPSA) is 87.7 Å². The van der Waals surface area contributed by atoms with Crippen molar-refractivity contribution in [1.29, 1.82) is 0 Å². The maximum Gasteiger partial charge on any atom is 0.252 e. The fourth-order valence-corrected chi connectivity index (χ4v) is 4.88. The van der Waals surface area contributed by atoms with Gasteiger partial charge in [-0.15, -0.1) is 23.7 Å². The van der Waals surface area contributed by atoms with Gasteiger partial charge in [0.05, 0.1) is 19.8 Å². The highest BCUT2D eigenvalue weighted by molar-refractivity contribution is 7.91. The Balaban J connectivity index is 0.00000264. The van der Waals surface area contributed by atoms with Gasteiger partial charge in [-0.3, -0.25) is 4.79 Å². The van der Waals surface area contributed by atoms with Crippen LogP contribution in [-0.4, -0.2) is 58.5 Å². The average molecular weight is 384 g/mol. The van der Waals surface area contributed by atoms with Gasteiger partial charge in [-0.25, -0.2) is 8.42 Å². The van der Waals surface area contributed by atoms with Crippen molar-refractivity contribution in [2.75, 3.05) is 39.9 Å². The van der Waals surface area contributed by atoms with Crippen LogP contribution in [0, 0.1) is 0 Å². The van der Waals surface area contributed by atoms with Crippen molar-refractivity contribution in [2.24, 2.45) is 0 Å². The quantitative estimate of drug-likeness (QED) is 0.712. The van der Waals surface area contributed by atoms with Gasteiger partial charge in [0.15, 0.2) is 0 Å². The molecule has 0 atom stereocenters. The standard InChI is InChI=1S/C13H21N3O4S2.ClH/c1-14-5-4-12(17)15-10-11-2-3-13(21-11)22(18,19)16-6-8-20-9-7-16;/h2-3,14H,4-10H2,1H3,(H,15,17);1H. The zero-order valence-electron chi connectivity index (χ0n) is 12.9. The van der Waals surface area contributed by atoms with E-state index in [9.17, 15) is 13.2 Å². The zero-order chi connectivity index (χ0) is 16.0. The summed E-state index contributed by atoms with van der Waals surface area (Å²) in [5.41, 5.74) is 0. The van der Waals surface area contributed by atoms with Gasteiger partial charge in [0.25, 0.3) is 10.0 Å². The lowest BCUT2D eigenvalue weighted by Crippen LogP contribution is -2.40. The molecule has 2 N–H and O–H groups in total. The minimum Gasteiger partial charge on any atom is -0.379 e. The fraction of sp³-hybridized carbons (Fsp3) is 0.615. The normalized spacial score (nSPS) is 15.9. The molecule has 23 heavy (non-hydrogen) atoms. The molecule has 1 saturated heterocycles. The van der Waals surface area contributed by atoms with Crippen molar-refractivity contribution in [2.45, 2.75) is 17.2 Å². The molecule has 132 valence electrons. The maximum absolute atomic E-state index is 12.5. The summed E-state index contributed by atoms with van der Waals surface area (Å²) in [6.45, 7) is 2.60. The van der Waals surface area contributed by atoms with Crippen LogP contribution in [0.2, 0.25) is 0 Å². The lowest BCUT2D eigenvalue weighted by molar-refractivity contribution is -0.121. The van der Waals surface area contributed by atoms with Crippen LogP contribution in [0.25, 0.3) is 0 Å². The molecule has 0 aromatic carbocycles. The highest BCUT2D eigenvalue weighted by Crippen LogP contribution is 2.25. The van der Waals surface area contributed by atoms with Crippen molar-refractivity contribution in [3.05, 3.63) is 17.0 Å². The van der Waals surface area contributed by atoms with Crippen LogP contribution in [-0.2, 0) is 26.1 Å². The average Bonchev–Trinajstić information content (AvgIpc) is 3.01. The van der Waals surface area contributed by atoms with E-state index >= 15 is 0 Å². The Morgan fingerprint density at radius 2 is 2.04 bits per heavy atom. The molecule has 1 aliphatic rings. The number of hydrogen-bond donors (Lipinski definition) is 2. The number of nitrogens with one attached hydrogen (secondary N) is 2. The number of halogens is 1. The lowest BCUT2D eigenvalue weighted by Gasteiger charge is -2.25. The first-order chi connectivity index (χ1) is 10.5. The van der Waals surface area contributed by atoms with Gasteiger partial charge in [-0.2, -0.15) is 4.31 Å². The number of carbonyl (C=O) groups is 1. The molecule has 1 aliphatic heterocycles. The third-order valence-corrected chi connectivity index (χ3v) is 6.71. The molecule has 1 aromatic heterocycles. The Hall–Kier alpha value is -0.710. The molecule has 1 amide bonds. The van der Waals surface area contributed by atoms with Crippen molar-refractivity contribution < 1.29 is 17.9 Å². The number of amides is 1. The van der Waals surface area contributed by atoms with Crippen LogP contribution in [0.3, 0.4) is 0 Å². The molecule has 2 heterocycles. The third kappa shape index (κ3) is 5.70. The van der Waals surface area contributed by atoms with Crippen molar-refractivity contribution >= 4 is 39.7 Å². The minimum atomic E-state index is -3.44. The predicted molar refractivity (Wildman–Crippen MR) is 91.5 cm³/mol. The van der Waals surface area contributed by atoms with Gasteiger partial charge in [-0.1, -0.05) is 0 Å². The Morgan fingerprint density at radius 3 is 2.70 bits per heavy atom. The molecule has 1 fully saturated rings. The Labute approximate surface area is 146 Å². The molecular formula is C13H22ClN3O4S2. The van der Waals surface area contributed by atoms with Crippen LogP contribution >= 0.6 is 23.7 Å². The van der Waals surface area contributed by atoms with Gasteiger partial charge < -0.3 is 15.4 Å². The molecule has 10 heteroatoms. The van der Waals surface area contributed by atoms with E-state index in [4.69, 9.17) is 4.74 Å².